The van der Waals surface area contributed by atoms with Gasteiger partial charge >= 0.3 is 5.97 Å². The molecule has 2 aromatic rings. The van der Waals surface area contributed by atoms with Crippen LogP contribution in [0.5, 0.6) is 5.75 Å². The van der Waals surface area contributed by atoms with Crippen molar-refractivity contribution in [3.05, 3.63) is 64.7 Å². The fraction of sp³-hybridized carbons (Fsp3) is 0.235. The van der Waals surface area contributed by atoms with E-state index >= 15 is 0 Å². The van der Waals surface area contributed by atoms with E-state index in [1.165, 1.54) is 0 Å². The van der Waals surface area contributed by atoms with Crippen molar-refractivity contribution in [2.24, 2.45) is 0 Å². The molecule has 0 aromatic heterocycles. The monoisotopic (exact) mass is 270 g/mol. The van der Waals surface area contributed by atoms with Gasteiger partial charge in [0, 0.05) is 11.5 Å². The van der Waals surface area contributed by atoms with Gasteiger partial charge in [-0.1, -0.05) is 50.2 Å². The number of carbonyl (C=O) groups is 1. The molecule has 0 saturated carbocycles. The molecule has 0 radical (unpaired) electrons. The maximum Gasteiger partial charge on any atom is 0.339 e. The second-order valence-corrected chi connectivity index (χ2v) is 4.87. The molecule has 2 rings (SSSR count). The van der Waals surface area contributed by atoms with Gasteiger partial charge in [0.05, 0.1) is 0 Å². The van der Waals surface area contributed by atoms with Gasteiger partial charge in [0.1, 0.15) is 11.3 Å². The van der Waals surface area contributed by atoms with Crippen LogP contribution in [0.4, 0.5) is 0 Å². The third-order valence-corrected chi connectivity index (χ3v) is 3.60. The van der Waals surface area contributed by atoms with Gasteiger partial charge in [-0.2, -0.15) is 0 Å². The number of carboxylic acid groups (broad SMARTS) is 1. The van der Waals surface area contributed by atoms with Gasteiger partial charge in [-0.25, -0.2) is 4.79 Å². The van der Waals surface area contributed by atoms with Gasteiger partial charge in [0.25, 0.3) is 0 Å². The number of carboxylic acids is 1. The molecular weight excluding hydrogens is 252 g/mol. The highest BCUT2D eigenvalue weighted by molar-refractivity contribution is 5.91. The van der Waals surface area contributed by atoms with Crippen molar-refractivity contribution in [1.82, 2.24) is 0 Å². The normalized spacial score (nSPS) is 12.1. The number of hydrogen-bond acceptors (Lipinski definition) is 2. The minimum absolute atomic E-state index is 0.0258. The molecule has 20 heavy (non-hydrogen) atoms. The summed E-state index contributed by atoms with van der Waals surface area (Å²) in [5.74, 6) is -1.29. The summed E-state index contributed by atoms with van der Waals surface area (Å²) in [6.07, 6.45) is 0.731. The average Bonchev–Trinajstić information content (AvgIpc) is 2.47. The topological polar surface area (TPSA) is 57.5 Å². The summed E-state index contributed by atoms with van der Waals surface area (Å²) in [5.41, 5.74) is 2.60. The zero-order valence-electron chi connectivity index (χ0n) is 11.6. The standard InChI is InChI=1S/C17H18O3/c1-3-12-9-14(16(18)15(10-12)17(19)20)11(2)13-7-5-4-6-8-13/h4-11,18H,3H2,1-2H3,(H,19,20). The molecule has 0 aliphatic carbocycles. The summed E-state index contributed by atoms with van der Waals surface area (Å²) in [6.45, 7) is 3.93. The van der Waals surface area contributed by atoms with E-state index in [0.29, 0.717) is 5.56 Å². The molecule has 3 nitrogen and oxygen atoms in total. The second kappa shape index (κ2) is 5.78. The lowest BCUT2D eigenvalue weighted by Gasteiger charge is -2.17. The molecule has 0 fully saturated rings. The molecule has 1 atom stereocenters. The van der Waals surface area contributed by atoms with E-state index in [1.54, 1.807) is 6.07 Å². The summed E-state index contributed by atoms with van der Waals surface area (Å²) >= 11 is 0. The number of hydrogen-bond donors (Lipinski definition) is 2. The highest BCUT2D eigenvalue weighted by atomic mass is 16.4. The van der Waals surface area contributed by atoms with Crippen LogP contribution >= 0.6 is 0 Å². The first-order chi connectivity index (χ1) is 9.54. The molecule has 1 unspecified atom stereocenters. The van der Waals surface area contributed by atoms with E-state index in [-0.39, 0.29) is 17.2 Å². The number of aryl methyl sites for hydroxylation is 1. The van der Waals surface area contributed by atoms with E-state index in [9.17, 15) is 15.0 Å². The Morgan fingerprint density at radius 2 is 1.85 bits per heavy atom. The van der Waals surface area contributed by atoms with Crippen LogP contribution < -0.4 is 0 Å². The largest absolute Gasteiger partial charge is 0.507 e. The van der Waals surface area contributed by atoms with Crippen molar-refractivity contribution in [2.45, 2.75) is 26.2 Å². The fourth-order valence-corrected chi connectivity index (χ4v) is 2.34. The number of aromatic hydroxyl groups is 1. The summed E-state index contributed by atoms with van der Waals surface area (Å²) < 4.78 is 0. The number of aromatic carboxylic acids is 1. The Morgan fingerprint density at radius 3 is 2.40 bits per heavy atom. The van der Waals surface area contributed by atoms with Crippen molar-refractivity contribution in [2.75, 3.05) is 0 Å². The molecule has 3 heteroatoms. The molecule has 0 aliphatic heterocycles. The Kier molecular flexibility index (Phi) is 4.08. The third kappa shape index (κ3) is 2.67. The Balaban J connectivity index is 2.56. The van der Waals surface area contributed by atoms with Crippen LogP contribution in [0.1, 0.15) is 46.8 Å². The van der Waals surface area contributed by atoms with Crippen LogP contribution in [0.15, 0.2) is 42.5 Å². The minimum atomic E-state index is -1.10. The highest BCUT2D eigenvalue weighted by Crippen LogP contribution is 2.34. The van der Waals surface area contributed by atoms with E-state index in [4.69, 9.17) is 0 Å². The highest BCUT2D eigenvalue weighted by Gasteiger charge is 2.19. The van der Waals surface area contributed by atoms with E-state index in [1.807, 2.05) is 50.2 Å². The lowest BCUT2D eigenvalue weighted by Crippen LogP contribution is -2.04. The predicted molar refractivity (Wildman–Crippen MR) is 78.4 cm³/mol. The predicted octanol–water partition coefficient (Wildman–Crippen LogP) is 3.80. The van der Waals surface area contributed by atoms with Crippen LogP contribution in [0.3, 0.4) is 0 Å². The first-order valence-corrected chi connectivity index (χ1v) is 6.68. The molecule has 0 saturated heterocycles. The molecule has 0 amide bonds. The molecule has 0 bridgehead atoms. The first kappa shape index (κ1) is 14.1. The Bertz CT molecular complexity index is 618. The fourth-order valence-electron chi connectivity index (χ4n) is 2.34. The van der Waals surface area contributed by atoms with Crippen molar-refractivity contribution in [3.63, 3.8) is 0 Å². The van der Waals surface area contributed by atoms with Crippen molar-refractivity contribution in [3.8, 4) is 5.75 Å². The Morgan fingerprint density at radius 1 is 1.20 bits per heavy atom. The van der Waals surface area contributed by atoms with E-state index < -0.39 is 5.97 Å². The Hall–Kier alpha value is -2.29. The van der Waals surface area contributed by atoms with E-state index in [0.717, 1.165) is 17.5 Å². The zero-order valence-corrected chi connectivity index (χ0v) is 11.6. The molecule has 2 aromatic carbocycles. The van der Waals surface area contributed by atoms with Gasteiger partial charge in [-0.3, -0.25) is 0 Å². The van der Waals surface area contributed by atoms with Crippen LogP contribution in [-0.4, -0.2) is 16.2 Å². The second-order valence-electron chi connectivity index (χ2n) is 4.87. The summed E-state index contributed by atoms with van der Waals surface area (Å²) in [6, 6.07) is 13.2. The summed E-state index contributed by atoms with van der Waals surface area (Å²) in [7, 11) is 0. The molecule has 0 spiro atoms. The molecular formula is C17H18O3. The third-order valence-electron chi connectivity index (χ3n) is 3.60. The maximum absolute atomic E-state index is 11.2. The number of phenols is 1. The number of benzene rings is 2. The van der Waals surface area contributed by atoms with Gasteiger partial charge in [-0.05, 0) is 23.6 Å². The van der Waals surface area contributed by atoms with Gasteiger partial charge in [-0.15, -0.1) is 0 Å². The molecule has 2 N–H and O–H groups in total. The van der Waals surface area contributed by atoms with Gasteiger partial charge in [0.2, 0.25) is 0 Å². The van der Waals surface area contributed by atoms with Crippen LogP contribution in [0.2, 0.25) is 0 Å². The minimum Gasteiger partial charge on any atom is -0.507 e. The van der Waals surface area contributed by atoms with Crippen LogP contribution in [0, 0.1) is 0 Å². The Labute approximate surface area is 118 Å². The van der Waals surface area contributed by atoms with E-state index in [2.05, 4.69) is 0 Å². The molecule has 0 heterocycles. The van der Waals surface area contributed by atoms with Crippen molar-refractivity contribution in [1.29, 1.82) is 0 Å². The quantitative estimate of drug-likeness (QED) is 0.888. The lowest BCUT2D eigenvalue weighted by atomic mass is 9.89. The first-order valence-electron chi connectivity index (χ1n) is 6.68. The molecule has 104 valence electrons. The van der Waals surface area contributed by atoms with Crippen molar-refractivity contribution < 1.29 is 15.0 Å². The summed E-state index contributed by atoms with van der Waals surface area (Å²) in [4.78, 5) is 11.2. The zero-order chi connectivity index (χ0) is 14.7. The maximum atomic E-state index is 11.2. The van der Waals surface area contributed by atoms with Gasteiger partial charge < -0.3 is 10.2 Å². The van der Waals surface area contributed by atoms with Crippen LogP contribution in [-0.2, 0) is 6.42 Å². The SMILES string of the molecule is CCc1cc(C(=O)O)c(O)c(C(C)c2ccccc2)c1. The van der Waals surface area contributed by atoms with Crippen LogP contribution in [0.25, 0.3) is 0 Å². The average molecular weight is 270 g/mol. The molecule has 0 aliphatic rings. The summed E-state index contributed by atoms with van der Waals surface area (Å²) in [5, 5.41) is 19.4. The lowest BCUT2D eigenvalue weighted by molar-refractivity contribution is 0.0693. The van der Waals surface area contributed by atoms with Crippen molar-refractivity contribution >= 4 is 5.97 Å². The smallest absolute Gasteiger partial charge is 0.339 e. The number of rotatable bonds is 4. The van der Waals surface area contributed by atoms with Gasteiger partial charge in [0.15, 0.2) is 0 Å².